The van der Waals surface area contributed by atoms with Gasteiger partial charge < -0.3 is 10.1 Å². The van der Waals surface area contributed by atoms with E-state index in [1.54, 1.807) is 0 Å². The summed E-state index contributed by atoms with van der Waals surface area (Å²) in [5.74, 6) is 0. The van der Waals surface area contributed by atoms with E-state index in [2.05, 4.69) is 19.2 Å². The van der Waals surface area contributed by atoms with Gasteiger partial charge in [-0.05, 0) is 18.4 Å². The lowest BCUT2D eigenvalue weighted by molar-refractivity contribution is 0.140. The first-order chi connectivity index (χ1) is 9.27. The average molecular weight is 263 g/mol. The van der Waals surface area contributed by atoms with Crippen LogP contribution in [-0.2, 0) is 4.74 Å². The van der Waals surface area contributed by atoms with Crippen LogP contribution in [-0.4, -0.2) is 12.7 Å². The highest BCUT2D eigenvalue weighted by Gasteiger charge is 2.14. The van der Waals surface area contributed by atoms with E-state index in [4.69, 9.17) is 4.74 Å². The largest absolute Gasteiger partial charge is 0.450 e. The number of alkyl carbamates (subject to hydrolysis) is 1. The van der Waals surface area contributed by atoms with Gasteiger partial charge in [0.25, 0.3) is 0 Å². The second kappa shape index (κ2) is 9.42. The molecule has 1 aromatic carbocycles. The molecule has 1 atom stereocenters. The van der Waals surface area contributed by atoms with Crippen molar-refractivity contribution in [1.82, 2.24) is 5.32 Å². The van der Waals surface area contributed by atoms with Gasteiger partial charge in [0.05, 0.1) is 12.6 Å². The van der Waals surface area contributed by atoms with Crippen LogP contribution in [0, 0.1) is 0 Å². The van der Waals surface area contributed by atoms with E-state index in [1.165, 1.54) is 0 Å². The molecule has 1 aromatic rings. The van der Waals surface area contributed by atoms with Gasteiger partial charge in [0.15, 0.2) is 0 Å². The molecule has 0 saturated heterocycles. The van der Waals surface area contributed by atoms with E-state index in [9.17, 15) is 4.79 Å². The van der Waals surface area contributed by atoms with Gasteiger partial charge in [0.2, 0.25) is 0 Å². The van der Waals surface area contributed by atoms with Gasteiger partial charge >= 0.3 is 6.09 Å². The molecular weight excluding hydrogens is 238 g/mol. The average Bonchev–Trinajstić information content (AvgIpc) is 2.44. The lowest BCUT2D eigenvalue weighted by Crippen LogP contribution is -2.29. The van der Waals surface area contributed by atoms with Gasteiger partial charge in [-0.2, -0.15) is 0 Å². The van der Waals surface area contributed by atoms with Crippen molar-refractivity contribution in [3.05, 3.63) is 35.9 Å². The number of rotatable bonds is 8. The van der Waals surface area contributed by atoms with Crippen LogP contribution in [0.25, 0.3) is 0 Å². The van der Waals surface area contributed by atoms with Crippen molar-refractivity contribution in [3.8, 4) is 0 Å². The highest BCUT2D eigenvalue weighted by atomic mass is 16.5. The highest BCUT2D eigenvalue weighted by molar-refractivity contribution is 5.67. The van der Waals surface area contributed by atoms with Gasteiger partial charge in [0.1, 0.15) is 0 Å². The molecular formula is C16H25NO2. The summed E-state index contributed by atoms with van der Waals surface area (Å²) >= 11 is 0. The molecule has 0 radical (unpaired) electrons. The summed E-state index contributed by atoms with van der Waals surface area (Å²) in [6, 6.07) is 10.1. The van der Waals surface area contributed by atoms with Crippen LogP contribution < -0.4 is 5.32 Å². The minimum absolute atomic E-state index is 0.0512. The molecule has 106 valence electrons. The normalized spacial score (nSPS) is 11.9. The third kappa shape index (κ3) is 6.27. The standard InChI is InChI=1S/C16H25NO2/c1-3-5-12-15(14-10-8-7-9-11-14)17-16(18)19-13-6-4-2/h7-11,15H,3-6,12-13H2,1-2H3,(H,17,18). The molecule has 0 spiro atoms. The number of nitrogens with one attached hydrogen (secondary N) is 1. The Morgan fingerprint density at radius 3 is 2.47 bits per heavy atom. The van der Waals surface area contributed by atoms with E-state index in [1.807, 2.05) is 30.3 Å². The first-order valence-corrected chi connectivity index (χ1v) is 7.26. The molecule has 0 aliphatic carbocycles. The van der Waals surface area contributed by atoms with Crippen LogP contribution in [0.4, 0.5) is 4.79 Å². The second-order valence-corrected chi connectivity index (χ2v) is 4.74. The third-order valence-corrected chi connectivity index (χ3v) is 3.07. The van der Waals surface area contributed by atoms with Crippen molar-refractivity contribution in [3.63, 3.8) is 0 Å². The molecule has 1 N–H and O–H groups in total. The summed E-state index contributed by atoms with van der Waals surface area (Å²) < 4.78 is 5.16. The lowest BCUT2D eigenvalue weighted by atomic mass is 10.0. The third-order valence-electron chi connectivity index (χ3n) is 3.07. The van der Waals surface area contributed by atoms with Crippen LogP contribution >= 0.6 is 0 Å². The smallest absolute Gasteiger partial charge is 0.407 e. The molecule has 0 bridgehead atoms. The van der Waals surface area contributed by atoms with Crippen LogP contribution in [0.1, 0.15) is 57.6 Å². The minimum Gasteiger partial charge on any atom is -0.450 e. The summed E-state index contributed by atoms with van der Waals surface area (Å²) in [4.78, 5) is 11.7. The first-order valence-electron chi connectivity index (χ1n) is 7.26. The summed E-state index contributed by atoms with van der Waals surface area (Å²) in [6.45, 7) is 4.73. The maximum atomic E-state index is 11.7. The molecule has 0 aliphatic rings. The van der Waals surface area contributed by atoms with E-state index in [0.29, 0.717) is 6.61 Å². The maximum Gasteiger partial charge on any atom is 0.407 e. The minimum atomic E-state index is -0.307. The van der Waals surface area contributed by atoms with Crippen LogP contribution in [0.2, 0.25) is 0 Å². The quantitative estimate of drug-likeness (QED) is 0.704. The van der Waals surface area contributed by atoms with Crippen molar-refractivity contribution < 1.29 is 9.53 Å². The Kier molecular flexibility index (Phi) is 7.71. The topological polar surface area (TPSA) is 38.3 Å². The van der Waals surface area contributed by atoms with Gasteiger partial charge in [0, 0.05) is 0 Å². The van der Waals surface area contributed by atoms with Crippen LogP contribution in [0.5, 0.6) is 0 Å². The molecule has 0 heterocycles. The molecule has 0 saturated carbocycles. The Balaban J connectivity index is 2.52. The predicted octanol–water partition coefficient (Wildman–Crippen LogP) is 4.44. The maximum absolute atomic E-state index is 11.7. The number of carbonyl (C=O) groups excluding carboxylic acids is 1. The first kappa shape index (κ1) is 15.5. The Hall–Kier alpha value is -1.51. The number of ether oxygens (including phenoxy) is 1. The van der Waals surface area contributed by atoms with Gasteiger partial charge in [-0.15, -0.1) is 0 Å². The van der Waals surface area contributed by atoms with Gasteiger partial charge in [-0.25, -0.2) is 4.79 Å². The van der Waals surface area contributed by atoms with E-state index in [0.717, 1.165) is 37.7 Å². The van der Waals surface area contributed by atoms with E-state index < -0.39 is 0 Å². The highest BCUT2D eigenvalue weighted by Crippen LogP contribution is 2.19. The van der Waals surface area contributed by atoms with E-state index >= 15 is 0 Å². The summed E-state index contributed by atoms with van der Waals surface area (Å²) in [6.07, 6.45) is 4.80. The SMILES string of the molecule is CCCCOC(=O)NC(CCCC)c1ccccc1. The summed E-state index contributed by atoms with van der Waals surface area (Å²) in [5.41, 5.74) is 1.14. The molecule has 0 aliphatic heterocycles. The van der Waals surface area contributed by atoms with Crippen LogP contribution in [0.3, 0.4) is 0 Å². The lowest BCUT2D eigenvalue weighted by Gasteiger charge is -2.18. The Morgan fingerprint density at radius 2 is 1.84 bits per heavy atom. The molecule has 3 heteroatoms. The Bertz CT molecular complexity index is 351. The summed E-state index contributed by atoms with van der Waals surface area (Å²) in [5, 5.41) is 2.97. The molecule has 1 unspecified atom stereocenters. The molecule has 0 fully saturated rings. The Morgan fingerprint density at radius 1 is 1.16 bits per heavy atom. The van der Waals surface area contributed by atoms with Gasteiger partial charge in [-0.3, -0.25) is 0 Å². The molecule has 0 aromatic heterocycles. The zero-order valence-electron chi connectivity index (χ0n) is 12.0. The second-order valence-electron chi connectivity index (χ2n) is 4.74. The molecule has 1 amide bonds. The monoisotopic (exact) mass is 263 g/mol. The van der Waals surface area contributed by atoms with E-state index in [-0.39, 0.29) is 12.1 Å². The fourth-order valence-corrected chi connectivity index (χ4v) is 1.91. The van der Waals surface area contributed by atoms with Gasteiger partial charge in [-0.1, -0.05) is 63.4 Å². The zero-order valence-corrected chi connectivity index (χ0v) is 12.0. The number of hydrogen-bond donors (Lipinski definition) is 1. The number of benzene rings is 1. The number of amides is 1. The Labute approximate surface area is 116 Å². The fraction of sp³-hybridized carbons (Fsp3) is 0.562. The predicted molar refractivity (Wildman–Crippen MR) is 78.1 cm³/mol. The number of carbonyl (C=O) groups is 1. The van der Waals surface area contributed by atoms with Crippen LogP contribution in [0.15, 0.2) is 30.3 Å². The zero-order chi connectivity index (χ0) is 13.9. The molecule has 3 nitrogen and oxygen atoms in total. The summed E-state index contributed by atoms with van der Waals surface area (Å²) in [7, 11) is 0. The van der Waals surface area contributed by atoms with Crippen molar-refractivity contribution >= 4 is 6.09 Å². The van der Waals surface area contributed by atoms with Crippen molar-refractivity contribution in [2.75, 3.05) is 6.61 Å². The van der Waals surface area contributed by atoms with Crippen molar-refractivity contribution in [1.29, 1.82) is 0 Å². The molecule has 1 rings (SSSR count). The van der Waals surface area contributed by atoms with Crippen molar-refractivity contribution in [2.45, 2.75) is 52.0 Å². The van der Waals surface area contributed by atoms with Crippen molar-refractivity contribution in [2.24, 2.45) is 0 Å². The number of hydrogen-bond acceptors (Lipinski definition) is 2. The molecule has 19 heavy (non-hydrogen) atoms. The number of unbranched alkanes of at least 4 members (excludes halogenated alkanes) is 2. The fourth-order valence-electron chi connectivity index (χ4n) is 1.91.